The number of phenolic OH excluding ortho intramolecular Hbond substituents is 1. The van der Waals surface area contributed by atoms with E-state index < -0.39 is 18.8 Å². The summed E-state index contributed by atoms with van der Waals surface area (Å²) in [5.74, 6) is 1.13. The Labute approximate surface area is 187 Å². The molecule has 9 heteroatoms. The first kappa shape index (κ1) is 25.1. The number of rotatable bonds is 12. The highest BCUT2D eigenvalue weighted by Gasteiger charge is 2.26. The van der Waals surface area contributed by atoms with Crippen molar-refractivity contribution < 1.29 is 44.1 Å². The normalized spacial score (nSPS) is 13.0. The zero-order valence-corrected chi connectivity index (χ0v) is 18.6. The molecule has 2 rings (SSSR count). The highest BCUT2D eigenvalue weighted by Crippen LogP contribution is 2.40. The van der Waals surface area contributed by atoms with Crippen LogP contribution in [0.1, 0.15) is 11.1 Å². The van der Waals surface area contributed by atoms with Gasteiger partial charge in [-0.1, -0.05) is 12.2 Å². The summed E-state index contributed by atoms with van der Waals surface area (Å²) < 4.78 is 27.0. The minimum Gasteiger partial charge on any atom is -0.502 e. The van der Waals surface area contributed by atoms with E-state index >= 15 is 0 Å². The lowest BCUT2D eigenvalue weighted by atomic mass is 10.0. The smallest absolute Gasteiger partial charge is 0.204 e. The molecule has 2 atom stereocenters. The zero-order chi connectivity index (χ0) is 23.7. The molecule has 0 unspecified atom stereocenters. The summed E-state index contributed by atoms with van der Waals surface area (Å²) in [4.78, 5) is 0. The Morgan fingerprint density at radius 1 is 0.844 bits per heavy atom. The second-order valence-corrected chi connectivity index (χ2v) is 6.80. The first-order valence-electron chi connectivity index (χ1n) is 9.85. The van der Waals surface area contributed by atoms with Gasteiger partial charge >= 0.3 is 0 Å². The summed E-state index contributed by atoms with van der Waals surface area (Å²) in [5.41, 5.74) is 1.32. The highest BCUT2D eigenvalue weighted by atomic mass is 16.6. The summed E-state index contributed by atoms with van der Waals surface area (Å²) in [7, 11) is 5.74. The summed E-state index contributed by atoms with van der Waals surface area (Å²) in [5, 5.41) is 39.7. The van der Waals surface area contributed by atoms with Crippen LogP contribution in [0.15, 0.2) is 30.3 Å². The predicted octanol–water partition coefficient (Wildman–Crippen LogP) is 1.78. The van der Waals surface area contributed by atoms with E-state index in [2.05, 4.69) is 0 Å². The molecule has 0 aromatic heterocycles. The maximum Gasteiger partial charge on any atom is 0.204 e. The molecule has 0 aliphatic heterocycles. The van der Waals surface area contributed by atoms with E-state index in [0.717, 1.165) is 0 Å². The molecular weight excluding hydrogens is 420 g/mol. The zero-order valence-electron chi connectivity index (χ0n) is 18.6. The van der Waals surface area contributed by atoms with Gasteiger partial charge in [-0.05, 0) is 35.4 Å². The van der Waals surface area contributed by atoms with Crippen LogP contribution in [-0.2, 0) is 6.42 Å². The number of aliphatic hydroxyl groups excluding tert-OH is 3. The molecule has 176 valence electrons. The van der Waals surface area contributed by atoms with Crippen molar-refractivity contribution in [2.45, 2.75) is 18.6 Å². The van der Waals surface area contributed by atoms with Crippen LogP contribution >= 0.6 is 0 Å². The second kappa shape index (κ2) is 12.0. The van der Waals surface area contributed by atoms with Crippen molar-refractivity contribution in [2.75, 3.05) is 41.7 Å². The molecule has 0 bridgehead atoms. The molecule has 0 aliphatic rings. The van der Waals surface area contributed by atoms with Crippen molar-refractivity contribution in [2.24, 2.45) is 0 Å². The van der Waals surface area contributed by atoms with Crippen LogP contribution in [0.3, 0.4) is 0 Å². The van der Waals surface area contributed by atoms with Gasteiger partial charge in [0.05, 0.1) is 47.8 Å². The van der Waals surface area contributed by atoms with Gasteiger partial charge in [0, 0.05) is 6.42 Å². The fourth-order valence-electron chi connectivity index (χ4n) is 3.13. The minimum absolute atomic E-state index is 0.0835. The fraction of sp³-hybridized carbons (Fsp3) is 0.391. The number of methoxy groups -OCH3 is 4. The van der Waals surface area contributed by atoms with E-state index in [4.69, 9.17) is 28.8 Å². The summed E-state index contributed by atoms with van der Waals surface area (Å²) in [6, 6.07) is 6.50. The van der Waals surface area contributed by atoms with Gasteiger partial charge < -0.3 is 44.1 Å². The van der Waals surface area contributed by atoms with Gasteiger partial charge in [-0.2, -0.15) is 0 Å². The molecule has 0 amide bonds. The van der Waals surface area contributed by atoms with Crippen LogP contribution in [-0.4, -0.2) is 74.3 Å². The first-order chi connectivity index (χ1) is 15.4. The van der Waals surface area contributed by atoms with E-state index in [0.29, 0.717) is 22.6 Å². The molecule has 0 saturated carbocycles. The monoisotopic (exact) mass is 450 g/mol. The number of phenols is 1. The molecule has 0 radical (unpaired) electrons. The predicted molar refractivity (Wildman–Crippen MR) is 118 cm³/mol. The number of aliphatic hydroxyl groups is 3. The number of hydrogen-bond donors (Lipinski definition) is 4. The van der Waals surface area contributed by atoms with Gasteiger partial charge in [0.15, 0.2) is 23.0 Å². The molecule has 2 aromatic rings. The van der Waals surface area contributed by atoms with Gasteiger partial charge in [-0.3, -0.25) is 0 Å². The van der Waals surface area contributed by atoms with Gasteiger partial charge in [-0.25, -0.2) is 0 Å². The van der Waals surface area contributed by atoms with Crippen molar-refractivity contribution in [3.05, 3.63) is 41.5 Å². The van der Waals surface area contributed by atoms with E-state index in [9.17, 15) is 15.3 Å². The standard InChI is InChI=1S/C23H30O9/c1-28-17-11-15(12-18(29-2)22(17)27)8-16(26)21(13-25)32-23-19(30-3)9-14(6-5-7-24)10-20(23)31-4/h5-6,9-12,16,21,24-27H,7-8,13H2,1-4H3/b6-5-/t16-,21+/m0/s1. The molecule has 0 spiro atoms. The molecule has 0 aliphatic carbocycles. The lowest BCUT2D eigenvalue weighted by molar-refractivity contribution is 0.000131. The Kier molecular flexibility index (Phi) is 9.45. The fourth-order valence-corrected chi connectivity index (χ4v) is 3.13. The molecule has 4 N–H and O–H groups in total. The van der Waals surface area contributed by atoms with Crippen LogP contribution in [0.5, 0.6) is 34.5 Å². The quantitative estimate of drug-likeness (QED) is 0.383. The number of ether oxygens (including phenoxy) is 5. The third-order valence-electron chi connectivity index (χ3n) is 4.76. The van der Waals surface area contributed by atoms with E-state index in [1.54, 1.807) is 36.4 Å². The maximum atomic E-state index is 10.8. The third kappa shape index (κ3) is 5.97. The topological polar surface area (TPSA) is 127 Å². The lowest BCUT2D eigenvalue weighted by Crippen LogP contribution is -2.36. The van der Waals surface area contributed by atoms with E-state index in [-0.39, 0.29) is 36.0 Å². The summed E-state index contributed by atoms with van der Waals surface area (Å²) in [6.07, 6.45) is 1.21. The molecule has 0 heterocycles. The highest BCUT2D eigenvalue weighted by molar-refractivity contribution is 5.62. The largest absolute Gasteiger partial charge is 0.502 e. The molecule has 32 heavy (non-hydrogen) atoms. The van der Waals surface area contributed by atoms with E-state index in [1.807, 2.05) is 0 Å². The molecule has 0 fully saturated rings. The van der Waals surface area contributed by atoms with Crippen molar-refractivity contribution in [3.63, 3.8) is 0 Å². The molecular formula is C23H30O9. The van der Waals surface area contributed by atoms with Crippen molar-refractivity contribution >= 4 is 6.08 Å². The average Bonchev–Trinajstić information content (AvgIpc) is 2.81. The van der Waals surface area contributed by atoms with Crippen LogP contribution in [0.4, 0.5) is 0 Å². The molecule has 0 saturated heterocycles. The van der Waals surface area contributed by atoms with Crippen LogP contribution in [0.25, 0.3) is 6.08 Å². The average molecular weight is 450 g/mol. The number of benzene rings is 2. The Bertz CT molecular complexity index is 860. The lowest BCUT2D eigenvalue weighted by Gasteiger charge is -2.25. The van der Waals surface area contributed by atoms with Crippen LogP contribution in [0.2, 0.25) is 0 Å². The van der Waals surface area contributed by atoms with Crippen molar-refractivity contribution in [1.82, 2.24) is 0 Å². The first-order valence-corrected chi connectivity index (χ1v) is 9.85. The SMILES string of the molecule is COc1cc(C[C@H](O)[C@@H](CO)Oc2c(OC)cc(/C=C\CO)cc2OC)cc(OC)c1O. The third-order valence-corrected chi connectivity index (χ3v) is 4.76. The van der Waals surface area contributed by atoms with Crippen LogP contribution < -0.4 is 23.7 Å². The second-order valence-electron chi connectivity index (χ2n) is 6.80. The van der Waals surface area contributed by atoms with Crippen molar-refractivity contribution in [1.29, 1.82) is 0 Å². The van der Waals surface area contributed by atoms with Gasteiger partial charge in [-0.15, -0.1) is 0 Å². The Morgan fingerprint density at radius 3 is 1.81 bits per heavy atom. The van der Waals surface area contributed by atoms with Crippen molar-refractivity contribution in [3.8, 4) is 34.5 Å². The Hall–Kier alpha value is -3.14. The minimum atomic E-state index is -1.12. The Balaban J connectivity index is 2.31. The summed E-state index contributed by atoms with van der Waals surface area (Å²) in [6.45, 7) is -0.597. The van der Waals surface area contributed by atoms with E-state index in [1.165, 1.54) is 28.4 Å². The van der Waals surface area contributed by atoms with Gasteiger partial charge in [0.2, 0.25) is 11.5 Å². The number of aromatic hydroxyl groups is 1. The number of hydrogen-bond acceptors (Lipinski definition) is 9. The molecule has 2 aromatic carbocycles. The Morgan fingerprint density at radius 2 is 1.38 bits per heavy atom. The molecule has 9 nitrogen and oxygen atoms in total. The maximum absolute atomic E-state index is 10.8. The summed E-state index contributed by atoms with van der Waals surface area (Å²) >= 11 is 0. The van der Waals surface area contributed by atoms with Gasteiger partial charge in [0.1, 0.15) is 6.10 Å². The van der Waals surface area contributed by atoms with Gasteiger partial charge in [0.25, 0.3) is 0 Å². The van der Waals surface area contributed by atoms with Crippen LogP contribution in [0, 0.1) is 0 Å².